The second-order valence-corrected chi connectivity index (χ2v) is 4.58. The van der Waals surface area contributed by atoms with Crippen LogP contribution in [0.3, 0.4) is 0 Å². The summed E-state index contributed by atoms with van der Waals surface area (Å²) in [5.41, 5.74) is 0. The fourth-order valence-corrected chi connectivity index (χ4v) is 1.76. The molecule has 1 N–H and O–H groups in total. The zero-order valence-electron chi connectivity index (χ0n) is 10.6. The van der Waals surface area contributed by atoms with E-state index in [1.807, 2.05) is 13.8 Å². The molecule has 1 atom stereocenters. The lowest BCUT2D eigenvalue weighted by Gasteiger charge is -2.26. The van der Waals surface area contributed by atoms with Gasteiger partial charge in [-0.3, -0.25) is 14.5 Å². The molecule has 0 saturated carbocycles. The van der Waals surface area contributed by atoms with Gasteiger partial charge in [0.25, 0.3) is 0 Å². The van der Waals surface area contributed by atoms with E-state index in [2.05, 4.69) is 10.2 Å². The Balaban J connectivity index is 2.20. The van der Waals surface area contributed by atoms with Crippen molar-refractivity contribution in [3.05, 3.63) is 0 Å². The molecule has 1 aliphatic heterocycles. The van der Waals surface area contributed by atoms with Crippen LogP contribution in [0.25, 0.3) is 0 Å². The summed E-state index contributed by atoms with van der Waals surface area (Å²) in [7, 11) is 0. The van der Waals surface area contributed by atoms with Gasteiger partial charge in [-0.15, -0.1) is 0 Å². The minimum absolute atomic E-state index is 0.00381. The Morgan fingerprint density at radius 2 is 2.06 bits per heavy atom. The fourth-order valence-electron chi connectivity index (χ4n) is 1.76. The highest BCUT2D eigenvalue weighted by atomic mass is 16.5. The number of rotatable bonds is 6. The van der Waals surface area contributed by atoms with Crippen LogP contribution in [0.2, 0.25) is 0 Å². The number of nitrogens with one attached hydrogen (secondary N) is 1. The average molecular weight is 241 g/mol. The highest BCUT2D eigenvalue weighted by molar-refractivity contribution is 5.92. The first-order valence-corrected chi connectivity index (χ1v) is 6.10. The van der Waals surface area contributed by atoms with Crippen molar-refractivity contribution in [2.24, 2.45) is 11.8 Å². The molecule has 0 bridgehead atoms. The third-order valence-electron chi connectivity index (χ3n) is 2.91. The lowest BCUT2D eigenvalue weighted by atomic mass is 9.97. The standard InChI is InChI=1S/C12H21N2O3/c1-10(2)11(9-15)12(16)13-3-4-14-5-7-17-8-6-14/h10-11H,3-8H2,1-2H3,(H,13,16)/t11-/m0/s1. The van der Waals surface area contributed by atoms with Crippen molar-refractivity contribution in [2.45, 2.75) is 13.8 Å². The van der Waals surface area contributed by atoms with Gasteiger partial charge in [-0.25, -0.2) is 0 Å². The van der Waals surface area contributed by atoms with Gasteiger partial charge in [-0.1, -0.05) is 13.8 Å². The Hall–Kier alpha value is -0.940. The highest BCUT2D eigenvalue weighted by Crippen LogP contribution is 2.07. The number of carbonyl (C=O) groups excluding carboxylic acids is 2. The number of morpholine rings is 1. The predicted molar refractivity (Wildman–Crippen MR) is 64.3 cm³/mol. The normalized spacial score (nSPS) is 19.0. The van der Waals surface area contributed by atoms with E-state index in [9.17, 15) is 9.59 Å². The smallest absolute Gasteiger partial charge is 0.231 e. The summed E-state index contributed by atoms with van der Waals surface area (Å²) >= 11 is 0. The average Bonchev–Trinajstić information content (AvgIpc) is 2.30. The molecule has 1 heterocycles. The number of carbonyl (C=O) groups is 1. The number of hydrogen-bond acceptors (Lipinski definition) is 4. The summed E-state index contributed by atoms with van der Waals surface area (Å²) in [5.74, 6) is -0.876. The molecule has 0 spiro atoms. The van der Waals surface area contributed by atoms with Gasteiger partial charge in [0.1, 0.15) is 5.92 Å². The van der Waals surface area contributed by atoms with Gasteiger partial charge < -0.3 is 10.1 Å². The van der Waals surface area contributed by atoms with Crippen molar-refractivity contribution < 1.29 is 14.3 Å². The monoisotopic (exact) mass is 241 g/mol. The SMILES string of the molecule is CC(C)[C@H]([C]=O)C(=O)NCCN1CCOCC1. The molecule has 5 heteroatoms. The van der Waals surface area contributed by atoms with Gasteiger partial charge in [0.15, 0.2) is 0 Å². The Bertz CT molecular complexity index is 250. The van der Waals surface area contributed by atoms with Crippen LogP contribution >= 0.6 is 0 Å². The van der Waals surface area contributed by atoms with Gasteiger partial charge in [-0.2, -0.15) is 0 Å². The Labute approximate surface area is 102 Å². The third-order valence-corrected chi connectivity index (χ3v) is 2.91. The maximum atomic E-state index is 11.6. The second-order valence-electron chi connectivity index (χ2n) is 4.58. The third kappa shape index (κ3) is 4.83. The van der Waals surface area contributed by atoms with Crippen molar-refractivity contribution in [1.29, 1.82) is 0 Å². The van der Waals surface area contributed by atoms with Crippen LogP contribution in [0.15, 0.2) is 0 Å². The fraction of sp³-hybridized carbons (Fsp3) is 0.833. The minimum Gasteiger partial charge on any atom is -0.379 e. The van der Waals surface area contributed by atoms with Gasteiger partial charge in [0.05, 0.1) is 13.2 Å². The van der Waals surface area contributed by atoms with E-state index >= 15 is 0 Å². The van der Waals surface area contributed by atoms with E-state index in [-0.39, 0.29) is 11.8 Å². The van der Waals surface area contributed by atoms with Crippen LogP contribution in [-0.4, -0.2) is 56.5 Å². The topological polar surface area (TPSA) is 58.6 Å². The first kappa shape index (κ1) is 14.1. The highest BCUT2D eigenvalue weighted by Gasteiger charge is 2.22. The van der Waals surface area contributed by atoms with Crippen LogP contribution in [0.5, 0.6) is 0 Å². The van der Waals surface area contributed by atoms with E-state index in [0.29, 0.717) is 6.54 Å². The summed E-state index contributed by atoms with van der Waals surface area (Å²) in [5, 5.41) is 2.78. The second kappa shape index (κ2) is 7.40. The first-order chi connectivity index (χ1) is 8.15. The Morgan fingerprint density at radius 3 is 2.59 bits per heavy atom. The van der Waals surface area contributed by atoms with Crippen LogP contribution < -0.4 is 5.32 Å². The molecular weight excluding hydrogens is 220 g/mol. The molecule has 0 aromatic rings. The van der Waals surface area contributed by atoms with E-state index in [1.54, 1.807) is 6.29 Å². The lowest BCUT2D eigenvalue weighted by Crippen LogP contribution is -2.43. The van der Waals surface area contributed by atoms with Crippen LogP contribution in [0, 0.1) is 11.8 Å². The number of nitrogens with zero attached hydrogens (tertiary/aromatic N) is 1. The Morgan fingerprint density at radius 1 is 1.41 bits per heavy atom. The Kier molecular flexibility index (Phi) is 6.15. The summed E-state index contributed by atoms with van der Waals surface area (Å²) in [4.78, 5) is 24.5. The van der Waals surface area contributed by atoms with Crippen molar-refractivity contribution in [3.8, 4) is 0 Å². The van der Waals surface area contributed by atoms with Crippen LogP contribution in [0.4, 0.5) is 0 Å². The molecule has 5 nitrogen and oxygen atoms in total. The summed E-state index contributed by atoms with van der Waals surface area (Å²) in [6.07, 6.45) is 1.79. The molecule has 0 unspecified atom stereocenters. The zero-order valence-corrected chi connectivity index (χ0v) is 10.6. The molecule has 97 valence electrons. The number of amides is 1. The summed E-state index contributed by atoms with van der Waals surface area (Å²) < 4.78 is 5.23. The van der Waals surface area contributed by atoms with Crippen molar-refractivity contribution in [1.82, 2.24) is 10.2 Å². The van der Waals surface area contributed by atoms with E-state index in [1.165, 1.54) is 0 Å². The maximum absolute atomic E-state index is 11.6. The van der Waals surface area contributed by atoms with Crippen LogP contribution in [-0.2, 0) is 14.3 Å². The van der Waals surface area contributed by atoms with Crippen LogP contribution in [0.1, 0.15) is 13.8 Å². The van der Waals surface area contributed by atoms with E-state index in [0.717, 1.165) is 32.8 Å². The van der Waals surface area contributed by atoms with Gasteiger partial charge in [-0.05, 0) is 5.92 Å². The van der Waals surface area contributed by atoms with Crippen molar-refractivity contribution in [3.63, 3.8) is 0 Å². The molecule has 1 fully saturated rings. The minimum atomic E-state index is -0.653. The van der Waals surface area contributed by atoms with Crippen molar-refractivity contribution >= 4 is 12.2 Å². The largest absolute Gasteiger partial charge is 0.379 e. The quantitative estimate of drug-likeness (QED) is 0.655. The molecule has 0 aliphatic carbocycles. The maximum Gasteiger partial charge on any atom is 0.231 e. The summed E-state index contributed by atoms with van der Waals surface area (Å²) in [6.45, 7) is 8.39. The molecule has 0 aromatic carbocycles. The van der Waals surface area contributed by atoms with Gasteiger partial charge >= 0.3 is 0 Å². The van der Waals surface area contributed by atoms with Gasteiger partial charge in [0, 0.05) is 26.2 Å². The molecule has 17 heavy (non-hydrogen) atoms. The zero-order chi connectivity index (χ0) is 12.7. The predicted octanol–water partition coefficient (Wildman–Crippen LogP) is -0.183. The number of hydrogen-bond donors (Lipinski definition) is 1. The van der Waals surface area contributed by atoms with Gasteiger partial charge in [0.2, 0.25) is 12.2 Å². The molecule has 1 rings (SSSR count). The van der Waals surface area contributed by atoms with E-state index < -0.39 is 5.92 Å². The molecule has 1 aliphatic rings. The lowest BCUT2D eigenvalue weighted by molar-refractivity contribution is -0.124. The number of ether oxygens (including phenoxy) is 1. The molecule has 0 aromatic heterocycles. The first-order valence-electron chi connectivity index (χ1n) is 6.10. The molecular formula is C12H21N2O3. The van der Waals surface area contributed by atoms with Crippen molar-refractivity contribution in [2.75, 3.05) is 39.4 Å². The van der Waals surface area contributed by atoms with E-state index in [4.69, 9.17) is 4.74 Å². The molecule has 1 amide bonds. The summed E-state index contributed by atoms with van der Waals surface area (Å²) in [6, 6.07) is 0. The molecule has 1 radical (unpaired) electrons. The molecule has 1 saturated heterocycles.